The summed E-state index contributed by atoms with van der Waals surface area (Å²) in [6.07, 6.45) is 0. The van der Waals surface area contributed by atoms with Crippen LogP contribution in [0, 0.1) is 19.8 Å². The Labute approximate surface area is 202 Å². The molecule has 1 aliphatic rings. The molecule has 10 heteroatoms. The third-order valence-corrected chi connectivity index (χ3v) is 5.96. The Bertz CT molecular complexity index is 1330. The topological polar surface area (TPSA) is 117 Å². The van der Waals surface area contributed by atoms with Gasteiger partial charge in [0.1, 0.15) is 23.5 Å². The van der Waals surface area contributed by atoms with E-state index in [9.17, 15) is 9.59 Å². The van der Waals surface area contributed by atoms with Gasteiger partial charge >= 0.3 is 5.97 Å². The Hall–Kier alpha value is -4.21. The summed E-state index contributed by atoms with van der Waals surface area (Å²) in [5.41, 5.74) is 3.87. The van der Waals surface area contributed by atoms with E-state index in [1.165, 1.54) is 11.8 Å². The smallest absolute Gasteiger partial charge is 0.378 e. The van der Waals surface area contributed by atoms with Crippen LogP contribution in [0.4, 0.5) is 11.6 Å². The highest BCUT2D eigenvalue weighted by atomic mass is 16.5. The van der Waals surface area contributed by atoms with Gasteiger partial charge in [0.2, 0.25) is 11.9 Å². The average Bonchev–Trinajstić information content (AvgIpc) is 3.27. The molecule has 0 bridgehead atoms. The second-order valence-electron chi connectivity index (χ2n) is 8.26. The van der Waals surface area contributed by atoms with Gasteiger partial charge in [-0.1, -0.05) is 17.7 Å². The molecule has 10 nitrogen and oxygen atoms in total. The largest absolute Gasteiger partial charge is 0.497 e. The molecule has 0 aliphatic carbocycles. The first kappa shape index (κ1) is 23.9. The highest BCUT2D eigenvalue weighted by molar-refractivity contribution is 6.10. The lowest BCUT2D eigenvalue weighted by Crippen LogP contribution is -2.39. The number of amides is 1. The van der Waals surface area contributed by atoms with Crippen molar-refractivity contribution in [2.45, 2.75) is 26.8 Å². The van der Waals surface area contributed by atoms with Gasteiger partial charge in [-0.05, 0) is 50.6 Å². The van der Waals surface area contributed by atoms with E-state index in [-0.39, 0.29) is 17.7 Å². The number of rotatable bonds is 6. The third kappa shape index (κ3) is 4.46. The second-order valence-corrected chi connectivity index (χ2v) is 8.26. The van der Waals surface area contributed by atoms with Crippen LogP contribution in [0.1, 0.15) is 40.3 Å². The van der Waals surface area contributed by atoms with Gasteiger partial charge in [0.05, 0.1) is 21.3 Å². The molecular formula is C25H27N5O5. The summed E-state index contributed by atoms with van der Waals surface area (Å²) >= 11 is 0. The van der Waals surface area contributed by atoms with Crippen molar-refractivity contribution in [1.82, 2.24) is 14.8 Å². The predicted octanol–water partition coefficient (Wildman–Crippen LogP) is 3.65. The molecule has 182 valence electrons. The molecular weight excluding hydrogens is 450 g/mol. The third-order valence-electron chi connectivity index (χ3n) is 5.96. The number of methoxy groups -OCH3 is 3. The number of anilines is 1. The summed E-state index contributed by atoms with van der Waals surface area (Å²) in [5, 5.41) is 7.39. The molecule has 0 fully saturated rings. The van der Waals surface area contributed by atoms with Crippen molar-refractivity contribution < 1.29 is 23.8 Å². The standard InChI is InChI=1S/C25H27N5O5/c1-13-7-9-18(14(2)11-13)27-23(31)20-15(3)26-25-28-22(24(32)35-6)29-30(25)21(20)17-12-16(33-4)8-10-19(17)34-5/h7-12,20-21H,1-6H3,(H,27,31). The maximum absolute atomic E-state index is 13.7. The molecule has 1 N–H and O–H groups in total. The predicted molar refractivity (Wildman–Crippen MR) is 130 cm³/mol. The number of fused-ring (bicyclic) bond motifs is 1. The number of carbonyl (C=O) groups excluding carboxylic acids is 2. The molecule has 35 heavy (non-hydrogen) atoms. The van der Waals surface area contributed by atoms with Crippen LogP contribution < -0.4 is 14.8 Å². The number of aliphatic imine (C=N–C) groups is 1. The average molecular weight is 478 g/mol. The summed E-state index contributed by atoms with van der Waals surface area (Å²) in [5.74, 6) is -0.632. The van der Waals surface area contributed by atoms with Crippen molar-refractivity contribution in [3.05, 3.63) is 58.9 Å². The van der Waals surface area contributed by atoms with Crippen molar-refractivity contribution in [3.8, 4) is 11.5 Å². The molecule has 0 saturated carbocycles. The summed E-state index contributed by atoms with van der Waals surface area (Å²) in [6.45, 7) is 5.68. The maximum atomic E-state index is 13.7. The van der Waals surface area contributed by atoms with E-state index in [2.05, 4.69) is 20.4 Å². The molecule has 2 heterocycles. The molecule has 1 amide bonds. The van der Waals surface area contributed by atoms with Crippen molar-refractivity contribution in [2.75, 3.05) is 26.6 Å². The van der Waals surface area contributed by atoms with Gasteiger partial charge in [-0.15, -0.1) is 5.10 Å². The minimum absolute atomic E-state index is 0.152. The summed E-state index contributed by atoms with van der Waals surface area (Å²) in [4.78, 5) is 34.6. The minimum atomic E-state index is -0.781. The SMILES string of the molecule is COC(=O)c1nc2n(n1)C(c1cc(OC)ccc1OC)C(C(=O)Nc1ccc(C)cc1C)C(C)=N2. The fourth-order valence-corrected chi connectivity index (χ4v) is 4.23. The fourth-order valence-electron chi connectivity index (χ4n) is 4.23. The van der Waals surface area contributed by atoms with Crippen molar-refractivity contribution in [2.24, 2.45) is 10.9 Å². The van der Waals surface area contributed by atoms with E-state index in [1.54, 1.807) is 39.3 Å². The molecule has 4 rings (SSSR count). The van der Waals surface area contributed by atoms with Crippen LogP contribution in [0.25, 0.3) is 0 Å². The van der Waals surface area contributed by atoms with E-state index >= 15 is 0 Å². The van der Waals surface area contributed by atoms with Crippen LogP contribution in [-0.2, 0) is 9.53 Å². The molecule has 2 atom stereocenters. The van der Waals surface area contributed by atoms with Gasteiger partial charge in [-0.2, -0.15) is 4.98 Å². The molecule has 2 unspecified atom stereocenters. The summed E-state index contributed by atoms with van der Waals surface area (Å²) in [7, 11) is 4.35. The van der Waals surface area contributed by atoms with Crippen LogP contribution in [0.15, 0.2) is 41.4 Å². The monoisotopic (exact) mass is 477 g/mol. The zero-order valence-corrected chi connectivity index (χ0v) is 20.4. The van der Waals surface area contributed by atoms with Gasteiger partial charge in [0.15, 0.2) is 0 Å². The summed E-state index contributed by atoms with van der Waals surface area (Å²) < 4.78 is 17.3. The lowest BCUT2D eigenvalue weighted by molar-refractivity contribution is -0.118. The quantitative estimate of drug-likeness (QED) is 0.539. The molecule has 1 aliphatic heterocycles. The number of nitrogens with zero attached hydrogens (tertiary/aromatic N) is 4. The van der Waals surface area contributed by atoms with E-state index in [0.29, 0.717) is 28.5 Å². The van der Waals surface area contributed by atoms with Gasteiger partial charge < -0.3 is 19.5 Å². The normalized spacial score (nSPS) is 16.7. The number of carbonyl (C=O) groups is 2. The molecule has 1 aromatic heterocycles. The lowest BCUT2D eigenvalue weighted by Gasteiger charge is -2.31. The van der Waals surface area contributed by atoms with Crippen molar-refractivity contribution >= 4 is 29.2 Å². The molecule has 0 spiro atoms. The number of aryl methyl sites for hydroxylation is 2. The van der Waals surface area contributed by atoms with E-state index in [1.807, 2.05) is 32.0 Å². The van der Waals surface area contributed by atoms with Gasteiger partial charge in [0.25, 0.3) is 5.82 Å². The van der Waals surface area contributed by atoms with Crippen LogP contribution in [0.2, 0.25) is 0 Å². The number of aromatic nitrogens is 3. The minimum Gasteiger partial charge on any atom is -0.497 e. The van der Waals surface area contributed by atoms with Crippen LogP contribution >= 0.6 is 0 Å². The Morgan fingerprint density at radius 3 is 2.43 bits per heavy atom. The fraction of sp³-hybridized carbons (Fsp3) is 0.320. The molecule has 3 aromatic rings. The Kier molecular flexibility index (Phi) is 6.54. The first-order valence-electron chi connectivity index (χ1n) is 11.0. The zero-order chi connectivity index (χ0) is 25.3. The number of hydrogen-bond donors (Lipinski definition) is 1. The molecule has 0 saturated heterocycles. The number of nitrogens with one attached hydrogen (secondary N) is 1. The second kappa shape index (κ2) is 9.57. The van der Waals surface area contributed by atoms with Gasteiger partial charge in [-0.3, -0.25) is 4.79 Å². The lowest BCUT2D eigenvalue weighted by atomic mass is 9.87. The van der Waals surface area contributed by atoms with E-state index < -0.39 is 17.9 Å². The molecule has 2 aromatic carbocycles. The van der Waals surface area contributed by atoms with Gasteiger partial charge in [-0.25, -0.2) is 14.5 Å². The Morgan fingerprint density at radius 2 is 1.77 bits per heavy atom. The molecule has 0 radical (unpaired) electrons. The first-order chi connectivity index (χ1) is 16.8. The number of benzene rings is 2. The Morgan fingerprint density at radius 1 is 1.00 bits per heavy atom. The number of esters is 1. The van der Waals surface area contributed by atoms with Crippen LogP contribution in [-0.4, -0.2) is 53.7 Å². The van der Waals surface area contributed by atoms with Crippen molar-refractivity contribution in [3.63, 3.8) is 0 Å². The first-order valence-corrected chi connectivity index (χ1v) is 11.0. The maximum Gasteiger partial charge on any atom is 0.378 e. The highest BCUT2D eigenvalue weighted by Gasteiger charge is 2.41. The number of hydrogen-bond acceptors (Lipinski definition) is 8. The zero-order valence-electron chi connectivity index (χ0n) is 20.4. The Balaban J connectivity index is 1.87. The van der Waals surface area contributed by atoms with Crippen LogP contribution in [0.5, 0.6) is 11.5 Å². The van der Waals surface area contributed by atoms with Crippen molar-refractivity contribution in [1.29, 1.82) is 0 Å². The number of ether oxygens (including phenoxy) is 3. The van der Waals surface area contributed by atoms with Gasteiger partial charge in [0, 0.05) is 17.0 Å². The van der Waals surface area contributed by atoms with E-state index in [0.717, 1.165) is 11.1 Å². The van der Waals surface area contributed by atoms with Crippen LogP contribution in [0.3, 0.4) is 0 Å². The summed E-state index contributed by atoms with van der Waals surface area (Å²) in [6, 6.07) is 10.4. The highest BCUT2D eigenvalue weighted by Crippen LogP contribution is 2.41. The van der Waals surface area contributed by atoms with E-state index in [4.69, 9.17) is 14.2 Å².